The van der Waals surface area contributed by atoms with Gasteiger partial charge in [0.25, 0.3) is 0 Å². The third-order valence-electron chi connectivity index (χ3n) is 5.79. The van der Waals surface area contributed by atoms with E-state index in [-0.39, 0.29) is 5.91 Å². The van der Waals surface area contributed by atoms with Crippen LogP contribution in [0.15, 0.2) is 35.6 Å². The van der Waals surface area contributed by atoms with Gasteiger partial charge >= 0.3 is 0 Å². The quantitative estimate of drug-likeness (QED) is 0.872. The molecular formula is C20H20N4O. The van der Waals surface area contributed by atoms with Gasteiger partial charge in [-0.25, -0.2) is 0 Å². The molecule has 1 fully saturated rings. The first-order valence-corrected chi connectivity index (χ1v) is 8.97. The molecule has 126 valence electrons. The van der Waals surface area contributed by atoms with E-state index < -0.39 is 5.41 Å². The van der Waals surface area contributed by atoms with Gasteiger partial charge in [-0.1, -0.05) is 6.07 Å². The number of amidine groups is 1. The Kier molecular flexibility index (Phi) is 3.08. The van der Waals surface area contributed by atoms with Crippen molar-refractivity contribution in [1.82, 2.24) is 15.3 Å². The summed E-state index contributed by atoms with van der Waals surface area (Å²) >= 11 is 0. The van der Waals surface area contributed by atoms with Crippen molar-refractivity contribution in [3.63, 3.8) is 0 Å². The summed E-state index contributed by atoms with van der Waals surface area (Å²) < 4.78 is 0. The maximum absolute atomic E-state index is 13.3. The summed E-state index contributed by atoms with van der Waals surface area (Å²) in [6.07, 6.45) is 8.79. The molecule has 0 bridgehead atoms. The summed E-state index contributed by atoms with van der Waals surface area (Å²) in [7, 11) is 1.71. The lowest BCUT2D eigenvalue weighted by Gasteiger charge is -2.41. The molecule has 1 aliphatic heterocycles. The molecule has 2 aromatic rings. The highest BCUT2D eigenvalue weighted by Crippen LogP contribution is 2.47. The van der Waals surface area contributed by atoms with Crippen molar-refractivity contribution in [2.75, 3.05) is 7.05 Å². The zero-order valence-electron chi connectivity index (χ0n) is 14.2. The molecule has 5 rings (SSSR count). The number of amides is 1. The lowest BCUT2D eigenvalue weighted by Crippen LogP contribution is -2.54. The lowest BCUT2D eigenvalue weighted by atomic mass is 9.64. The van der Waals surface area contributed by atoms with Crippen molar-refractivity contribution in [1.29, 1.82) is 0 Å². The minimum atomic E-state index is -0.669. The minimum absolute atomic E-state index is 0.0162. The van der Waals surface area contributed by atoms with Crippen LogP contribution in [0.2, 0.25) is 0 Å². The highest BCUT2D eigenvalue weighted by molar-refractivity contribution is 6.16. The number of hydrogen-bond acceptors (Lipinski definition) is 4. The number of hydrogen-bond donors (Lipinski definition) is 1. The van der Waals surface area contributed by atoms with Gasteiger partial charge in [0, 0.05) is 42.3 Å². The molecule has 0 aromatic carbocycles. The van der Waals surface area contributed by atoms with Crippen molar-refractivity contribution >= 4 is 11.7 Å². The number of fused-ring (bicyclic) bond motifs is 4. The molecule has 3 heterocycles. The molecule has 1 saturated carbocycles. The Morgan fingerprint density at radius 2 is 2.16 bits per heavy atom. The van der Waals surface area contributed by atoms with Crippen LogP contribution in [0.3, 0.4) is 0 Å². The smallest absolute Gasteiger partial charge is 0.240 e. The predicted molar refractivity (Wildman–Crippen MR) is 94.8 cm³/mol. The third kappa shape index (κ3) is 2.01. The fourth-order valence-electron chi connectivity index (χ4n) is 4.39. The van der Waals surface area contributed by atoms with Gasteiger partial charge < -0.3 is 5.32 Å². The summed E-state index contributed by atoms with van der Waals surface area (Å²) in [5.41, 5.74) is 4.53. The van der Waals surface area contributed by atoms with Crippen LogP contribution in [-0.2, 0) is 16.6 Å². The van der Waals surface area contributed by atoms with Crippen molar-refractivity contribution in [2.45, 2.75) is 43.4 Å². The number of pyridine rings is 2. The number of nitrogens with zero attached hydrogens (tertiary/aromatic N) is 3. The summed E-state index contributed by atoms with van der Waals surface area (Å²) in [5, 5.41) is 3.03. The average molecular weight is 332 g/mol. The number of rotatable bonds is 1. The molecule has 5 nitrogen and oxygen atoms in total. The SMILES string of the molecule is CN=C1NC(=O)[C@]2(CCCc3ncccc32)c2cc(C3CC3)ncc21. The molecule has 1 spiro atoms. The summed E-state index contributed by atoms with van der Waals surface area (Å²) in [5.74, 6) is 1.19. The van der Waals surface area contributed by atoms with Crippen LogP contribution in [0.1, 0.15) is 59.7 Å². The van der Waals surface area contributed by atoms with E-state index in [2.05, 4.69) is 32.4 Å². The Morgan fingerprint density at radius 3 is 2.96 bits per heavy atom. The van der Waals surface area contributed by atoms with E-state index in [4.69, 9.17) is 0 Å². The van der Waals surface area contributed by atoms with Crippen LogP contribution >= 0.6 is 0 Å². The first-order chi connectivity index (χ1) is 12.2. The highest BCUT2D eigenvalue weighted by Gasteiger charge is 2.50. The molecule has 0 unspecified atom stereocenters. The highest BCUT2D eigenvalue weighted by atomic mass is 16.2. The van der Waals surface area contributed by atoms with E-state index in [1.165, 1.54) is 12.8 Å². The molecule has 0 saturated heterocycles. The number of carbonyl (C=O) groups is 1. The number of aryl methyl sites for hydroxylation is 1. The number of carbonyl (C=O) groups excluding carboxylic acids is 1. The Labute approximate surface area is 146 Å². The van der Waals surface area contributed by atoms with Gasteiger partial charge in [-0.3, -0.25) is 19.8 Å². The molecule has 1 amide bonds. The van der Waals surface area contributed by atoms with Crippen LogP contribution in [0.25, 0.3) is 0 Å². The summed E-state index contributed by atoms with van der Waals surface area (Å²) in [6, 6.07) is 6.17. The van der Waals surface area contributed by atoms with Crippen molar-refractivity contribution < 1.29 is 4.79 Å². The van der Waals surface area contributed by atoms with Gasteiger partial charge in [-0.05, 0) is 55.4 Å². The van der Waals surface area contributed by atoms with Crippen LogP contribution < -0.4 is 5.32 Å². The predicted octanol–water partition coefficient (Wildman–Crippen LogP) is 2.48. The molecule has 1 N–H and O–H groups in total. The Morgan fingerprint density at radius 1 is 1.28 bits per heavy atom. The normalized spacial score (nSPS) is 26.3. The first kappa shape index (κ1) is 14.8. The van der Waals surface area contributed by atoms with Gasteiger partial charge in [0.05, 0.1) is 0 Å². The monoisotopic (exact) mass is 332 g/mol. The fraction of sp³-hybridized carbons (Fsp3) is 0.400. The number of aromatic nitrogens is 2. The first-order valence-electron chi connectivity index (χ1n) is 8.97. The molecule has 2 aromatic heterocycles. The van der Waals surface area contributed by atoms with Crippen LogP contribution in [0, 0.1) is 0 Å². The summed E-state index contributed by atoms with van der Waals surface area (Å²) in [6.45, 7) is 0. The lowest BCUT2D eigenvalue weighted by molar-refractivity contribution is -0.124. The standard InChI is InChI=1S/C20H20N4O/c1-21-18-13-11-23-17(12-6-7-12)10-15(13)20(19(25)24-18)8-2-5-16-14(20)4-3-9-22-16/h3-4,9-12H,2,5-8H2,1H3,(H,21,24,25)/t20-/m0/s1. The molecule has 2 aliphatic carbocycles. The van der Waals surface area contributed by atoms with Gasteiger partial charge in [-0.15, -0.1) is 0 Å². The van der Waals surface area contributed by atoms with E-state index in [0.29, 0.717) is 11.8 Å². The fourth-order valence-corrected chi connectivity index (χ4v) is 4.39. The van der Waals surface area contributed by atoms with Crippen molar-refractivity contribution in [2.24, 2.45) is 4.99 Å². The molecular weight excluding hydrogens is 312 g/mol. The Hall–Kier alpha value is -2.56. The van der Waals surface area contributed by atoms with E-state index in [1.807, 2.05) is 18.5 Å². The zero-order chi connectivity index (χ0) is 17.0. The van der Waals surface area contributed by atoms with E-state index >= 15 is 0 Å². The van der Waals surface area contributed by atoms with Crippen molar-refractivity contribution in [3.05, 3.63) is 58.7 Å². The van der Waals surface area contributed by atoms with Gasteiger partial charge in [-0.2, -0.15) is 0 Å². The van der Waals surface area contributed by atoms with Crippen LogP contribution in [0.5, 0.6) is 0 Å². The van der Waals surface area contributed by atoms with E-state index in [0.717, 1.165) is 47.3 Å². The second kappa shape index (κ2) is 5.22. The maximum Gasteiger partial charge on any atom is 0.240 e. The van der Waals surface area contributed by atoms with E-state index in [1.54, 1.807) is 7.05 Å². The molecule has 0 radical (unpaired) electrons. The maximum atomic E-state index is 13.3. The topological polar surface area (TPSA) is 67.2 Å². The van der Waals surface area contributed by atoms with Crippen molar-refractivity contribution in [3.8, 4) is 0 Å². The second-order valence-corrected chi connectivity index (χ2v) is 7.21. The Bertz CT molecular complexity index is 916. The number of aliphatic imine (C=N–C) groups is 1. The third-order valence-corrected chi connectivity index (χ3v) is 5.79. The molecule has 3 aliphatic rings. The van der Waals surface area contributed by atoms with E-state index in [9.17, 15) is 4.79 Å². The second-order valence-electron chi connectivity index (χ2n) is 7.21. The van der Waals surface area contributed by atoms with Gasteiger partial charge in [0.2, 0.25) is 5.91 Å². The van der Waals surface area contributed by atoms with Gasteiger partial charge in [0.1, 0.15) is 11.3 Å². The van der Waals surface area contributed by atoms with Gasteiger partial charge in [0.15, 0.2) is 0 Å². The average Bonchev–Trinajstić information content (AvgIpc) is 3.50. The largest absolute Gasteiger partial charge is 0.309 e. The summed E-state index contributed by atoms with van der Waals surface area (Å²) in [4.78, 5) is 26.8. The molecule has 1 atom stereocenters. The zero-order valence-corrected chi connectivity index (χ0v) is 14.2. The Balaban J connectivity index is 1.81. The molecule has 25 heavy (non-hydrogen) atoms. The molecule has 5 heteroatoms. The van der Waals surface area contributed by atoms with Crippen LogP contribution in [-0.4, -0.2) is 28.8 Å². The van der Waals surface area contributed by atoms with Crippen LogP contribution in [0.4, 0.5) is 0 Å². The number of nitrogens with one attached hydrogen (secondary N) is 1. The minimum Gasteiger partial charge on any atom is -0.309 e.